The first kappa shape index (κ1) is 19.4. The van der Waals surface area contributed by atoms with Crippen LogP contribution in [-0.2, 0) is 5.41 Å². The van der Waals surface area contributed by atoms with Gasteiger partial charge in [-0.2, -0.15) is 0 Å². The molecule has 4 heteroatoms. The highest BCUT2D eigenvalue weighted by Crippen LogP contribution is 2.45. The van der Waals surface area contributed by atoms with Crippen LogP contribution in [0.25, 0.3) is 0 Å². The van der Waals surface area contributed by atoms with Gasteiger partial charge in [-0.3, -0.25) is 0 Å². The zero-order chi connectivity index (χ0) is 21.4. The van der Waals surface area contributed by atoms with Crippen molar-refractivity contribution in [3.63, 3.8) is 0 Å². The topological polar surface area (TPSA) is 19.4 Å². The average molecular weight is 403 g/mol. The molecule has 0 spiro atoms. The lowest BCUT2D eigenvalue weighted by Gasteiger charge is -2.30. The number of anilines is 4. The van der Waals surface area contributed by atoms with Crippen LogP contribution >= 0.6 is 0 Å². The number of aromatic nitrogens is 1. The number of hydrogen-bond acceptors (Lipinski definition) is 3. The minimum absolute atomic E-state index is 0.0243. The molecule has 3 aromatic carbocycles. The third-order valence-electron chi connectivity index (χ3n) is 5.88. The molecule has 0 amide bonds. The maximum absolute atomic E-state index is 4.84. The second-order valence-corrected chi connectivity index (χ2v) is 9.00. The summed E-state index contributed by atoms with van der Waals surface area (Å²) in [7, 11) is 0. The fourth-order valence-corrected chi connectivity index (χ4v) is 4.31. The van der Waals surface area contributed by atoms with E-state index in [0.29, 0.717) is 0 Å². The quantitative estimate of drug-likeness (QED) is 0.388. The maximum atomic E-state index is 4.84. The van der Waals surface area contributed by atoms with Crippen LogP contribution in [0.3, 0.4) is 0 Å². The lowest BCUT2D eigenvalue weighted by molar-refractivity contribution is 0.589. The fourth-order valence-electron chi connectivity index (χ4n) is 4.31. The van der Waals surface area contributed by atoms with Crippen molar-refractivity contribution >= 4 is 35.3 Å². The molecule has 0 unspecified atom stereocenters. The van der Waals surface area contributed by atoms with Crippen LogP contribution in [0.15, 0.2) is 103 Å². The van der Waals surface area contributed by atoms with E-state index in [0.717, 1.165) is 5.82 Å². The van der Waals surface area contributed by atoms with E-state index in [1.165, 1.54) is 28.1 Å². The summed E-state index contributed by atoms with van der Waals surface area (Å²) in [5.41, 5.74) is 6.08. The van der Waals surface area contributed by atoms with Crippen molar-refractivity contribution < 1.29 is 0 Å². The Bertz CT molecular complexity index is 1190. The molecule has 0 N–H and O–H groups in total. The van der Waals surface area contributed by atoms with Crippen molar-refractivity contribution in [2.45, 2.75) is 26.2 Å². The van der Waals surface area contributed by atoms with Crippen molar-refractivity contribution in [3.8, 4) is 0 Å². The summed E-state index contributed by atoms with van der Waals surface area (Å²) in [6, 6.07) is 34.3. The summed E-state index contributed by atoms with van der Waals surface area (Å²) in [5.74, 6) is 0.965. The summed E-state index contributed by atoms with van der Waals surface area (Å²) < 4.78 is 0. The highest BCUT2D eigenvalue weighted by molar-refractivity contribution is 6.84. The van der Waals surface area contributed by atoms with Gasteiger partial charge in [0.25, 0.3) is 0 Å². The van der Waals surface area contributed by atoms with Crippen LogP contribution in [0, 0.1) is 0 Å². The summed E-state index contributed by atoms with van der Waals surface area (Å²) in [4.78, 5) is 9.62. The van der Waals surface area contributed by atoms with Crippen LogP contribution in [0.2, 0.25) is 0 Å². The summed E-state index contributed by atoms with van der Waals surface area (Å²) >= 11 is 0. The third-order valence-corrected chi connectivity index (χ3v) is 5.88. The number of nitrogens with zero attached hydrogens (tertiary/aromatic N) is 3. The summed E-state index contributed by atoms with van der Waals surface area (Å²) in [6.45, 7) is 6.71. The first-order valence-electron chi connectivity index (χ1n) is 10.8. The van der Waals surface area contributed by atoms with E-state index in [-0.39, 0.29) is 12.4 Å². The molecule has 2 heterocycles. The van der Waals surface area contributed by atoms with Crippen molar-refractivity contribution in [1.29, 1.82) is 0 Å². The molecular formula is C27H26BN3. The monoisotopic (exact) mass is 403 g/mol. The zero-order valence-corrected chi connectivity index (χ0v) is 18.2. The first-order chi connectivity index (χ1) is 15.0. The van der Waals surface area contributed by atoms with Crippen LogP contribution in [0.1, 0.15) is 26.3 Å². The number of para-hydroxylation sites is 3. The Labute approximate surface area is 185 Å². The van der Waals surface area contributed by atoms with Gasteiger partial charge in [0.1, 0.15) is 5.82 Å². The number of hydrogen-bond donors (Lipinski definition) is 0. The Balaban J connectivity index is 1.75. The lowest BCUT2D eigenvalue weighted by atomic mass is 9.64. The van der Waals surface area contributed by atoms with E-state index in [1.54, 1.807) is 0 Å². The maximum Gasteiger partial charge on any atom is 0.421 e. The molecule has 0 saturated heterocycles. The van der Waals surface area contributed by atoms with Crippen molar-refractivity contribution in [2.75, 3.05) is 9.62 Å². The number of pyridine rings is 1. The van der Waals surface area contributed by atoms with Crippen molar-refractivity contribution in [2.24, 2.45) is 0 Å². The Morgan fingerprint density at radius 1 is 0.677 bits per heavy atom. The van der Waals surface area contributed by atoms with Gasteiger partial charge in [0, 0.05) is 11.9 Å². The van der Waals surface area contributed by atoms with E-state index in [9.17, 15) is 0 Å². The van der Waals surface area contributed by atoms with Gasteiger partial charge in [-0.1, -0.05) is 81.4 Å². The summed E-state index contributed by atoms with van der Waals surface area (Å²) in [6.07, 6.45) is 1.94. The molecule has 0 atom stereocenters. The SMILES string of the molecule is CC(C)(C)c1ccnc(N2B(c3ccccc3)N(c3ccccc3)c3ccccc32)c1. The van der Waals surface area contributed by atoms with Gasteiger partial charge >= 0.3 is 6.98 Å². The standard InChI is InChI=1S/C27H26BN3/c1-27(2,3)21-18-19-29-26(20-21)31-25-17-11-10-16-24(25)30(23-14-8-5-9-15-23)28(31)22-12-6-4-7-13-22/h4-20H,1-3H3. The van der Waals surface area contributed by atoms with Gasteiger partial charge in [0.15, 0.2) is 0 Å². The fraction of sp³-hybridized carbons (Fsp3) is 0.148. The van der Waals surface area contributed by atoms with Gasteiger partial charge in [0.2, 0.25) is 0 Å². The van der Waals surface area contributed by atoms with Crippen LogP contribution in [0.4, 0.5) is 22.9 Å². The second kappa shape index (κ2) is 7.62. The molecule has 152 valence electrons. The lowest BCUT2D eigenvalue weighted by Crippen LogP contribution is -2.53. The largest absolute Gasteiger partial charge is 0.421 e. The zero-order valence-electron chi connectivity index (χ0n) is 18.2. The molecular weight excluding hydrogens is 377 g/mol. The van der Waals surface area contributed by atoms with Crippen LogP contribution < -0.4 is 15.1 Å². The van der Waals surface area contributed by atoms with Gasteiger partial charge in [-0.25, -0.2) is 4.98 Å². The molecule has 0 radical (unpaired) electrons. The van der Waals surface area contributed by atoms with Crippen LogP contribution in [0.5, 0.6) is 0 Å². The Hall–Kier alpha value is -3.53. The Morgan fingerprint density at radius 3 is 1.90 bits per heavy atom. The van der Waals surface area contributed by atoms with Crippen molar-refractivity contribution in [1.82, 2.24) is 4.98 Å². The predicted octanol–water partition coefficient (Wildman–Crippen LogP) is 6.06. The smallest absolute Gasteiger partial charge is 0.360 e. The molecule has 5 rings (SSSR count). The molecule has 1 aliphatic rings. The molecule has 0 saturated carbocycles. The van der Waals surface area contributed by atoms with Gasteiger partial charge in [-0.05, 0) is 52.8 Å². The number of benzene rings is 3. The van der Waals surface area contributed by atoms with Gasteiger partial charge in [-0.15, -0.1) is 0 Å². The molecule has 31 heavy (non-hydrogen) atoms. The van der Waals surface area contributed by atoms with Crippen molar-refractivity contribution in [3.05, 3.63) is 109 Å². The molecule has 0 fully saturated rings. The normalized spacial score (nSPS) is 13.5. The Morgan fingerprint density at radius 2 is 1.26 bits per heavy atom. The average Bonchev–Trinajstić information content (AvgIpc) is 3.15. The van der Waals surface area contributed by atoms with Gasteiger partial charge < -0.3 is 9.62 Å². The first-order valence-corrected chi connectivity index (χ1v) is 10.8. The molecule has 1 aromatic heterocycles. The second-order valence-electron chi connectivity index (χ2n) is 9.00. The summed E-state index contributed by atoms with van der Waals surface area (Å²) in [5, 5.41) is 0. The van der Waals surface area contributed by atoms with Gasteiger partial charge in [0.05, 0.1) is 11.4 Å². The predicted molar refractivity (Wildman–Crippen MR) is 132 cm³/mol. The molecule has 4 aromatic rings. The van der Waals surface area contributed by atoms with E-state index < -0.39 is 0 Å². The van der Waals surface area contributed by atoms with E-state index in [2.05, 4.69) is 127 Å². The van der Waals surface area contributed by atoms with Crippen LogP contribution in [-0.4, -0.2) is 12.0 Å². The Kier molecular flexibility index (Phi) is 4.78. The molecule has 0 bridgehead atoms. The minimum atomic E-state index is -0.0243. The molecule has 1 aliphatic heterocycles. The highest BCUT2D eigenvalue weighted by Gasteiger charge is 2.44. The van der Waals surface area contributed by atoms with E-state index in [4.69, 9.17) is 4.98 Å². The minimum Gasteiger partial charge on any atom is -0.360 e. The number of rotatable bonds is 3. The van der Waals surface area contributed by atoms with E-state index in [1.807, 2.05) is 6.20 Å². The molecule has 3 nitrogen and oxygen atoms in total. The molecule has 0 aliphatic carbocycles. The highest BCUT2D eigenvalue weighted by atomic mass is 15.3. The van der Waals surface area contributed by atoms with E-state index >= 15 is 0 Å². The third kappa shape index (κ3) is 3.48. The number of fused-ring (bicyclic) bond motifs is 1.